The van der Waals surface area contributed by atoms with Gasteiger partial charge < -0.3 is 25.3 Å². The number of benzene rings is 3. The van der Waals surface area contributed by atoms with Crippen molar-refractivity contribution >= 4 is 22.3 Å². The van der Waals surface area contributed by atoms with E-state index in [-0.39, 0.29) is 5.84 Å². The average molecular weight is 531 g/mol. The average Bonchev–Trinajstić information content (AvgIpc) is 3.35. The molecule has 7 nitrogen and oxygen atoms in total. The van der Waals surface area contributed by atoms with Gasteiger partial charge in [-0.15, -0.1) is 11.3 Å². The van der Waals surface area contributed by atoms with Crippen molar-refractivity contribution in [3.63, 3.8) is 0 Å². The largest absolute Gasteiger partial charge is 0.494 e. The molecule has 4 rings (SSSR count). The Morgan fingerprint density at radius 3 is 2.11 bits per heavy atom. The molecule has 198 valence electrons. The van der Waals surface area contributed by atoms with Crippen LogP contribution in [0.2, 0.25) is 0 Å². The Kier molecular flexibility index (Phi) is 9.59. The Balaban J connectivity index is 1.17. The maximum atomic E-state index is 8.72. The van der Waals surface area contributed by atoms with Crippen LogP contribution in [0.3, 0.4) is 0 Å². The molecule has 0 spiro atoms. The van der Waals surface area contributed by atoms with E-state index in [2.05, 4.69) is 60.4 Å². The van der Waals surface area contributed by atoms with E-state index in [1.54, 1.807) is 23.5 Å². The van der Waals surface area contributed by atoms with Crippen LogP contribution >= 0.6 is 11.3 Å². The minimum absolute atomic E-state index is 0.0842. The van der Waals surface area contributed by atoms with Crippen LogP contribution < -0.4 is 20.1 Å². The molecule has 8 heteroatoms. The summed E-state index contributed by atoms with van der Waals surface area (Å²) in [4.78, 5) is 8.32. The fourth-order valence-corrected chi connectivity index (χ4v) is 4.88. The van der Waals surface area contributed by atoms with Crippen LogP contribution in [0.4, 0.5) is 5.13 Å². The van der Waals surface area contributed by atoms with Gasteiger partial charge in [-0.1, -0.05) is 35.5 Å². The minimum Gasteiger partial charge on any atom is -0.494 e. The highest BCUT2D eigenvalue weighted by atomic mass is 32.1. The molecular formula is C30H34N4O3S. The highest BCUT2D eigenvalue weighted by Gasteiger charge is 2.13. The molecule has 0 saturated heterocycles. The Morgan fingerprint density at radius 2 is 1.50 bits per heavy atom. The van der Waals surface area contributed by atoms with E-state index in [0.29, 0.717) is 18.8 Å². The van der Waals surface area contributed by atoms with E-state index in [1.165, 1.54) is 10.4 Å². The number of anilines is 1. The highest BCUT2D eigenvalue weighted by Crippen LogP contribution is 2.33. The zero-order valence-electron chi connectivity index (χ0n) is 21.8. The molecule has 1 aromatic heterocycles. The van der Waals surface area contributed by atoms with Crippen LogP contribution in [0.1, 0.15) is 35.3 Å². The van der Waals surface area contributed by atoms with Gasteiger partial charge in [-0.05, 0) is 80.3 Å². The molecule has 0 aliphatic heterocycles. The summed E-state index contributed by atoms with van der Waals surface area (Å²) in [5.41, 5.74) is 9.62. The fraction of sp³-hybridized carbons (Fsp3) is 0.267. The van der Waals surface area contributed by atoms with Gasteiger partial charge in [0.25, 0.3) is 0 Å². The first-order valence-corrected chi connectivity index (χ1v) is 13.5. The number of hydrogen-bond donors (Lipinski definition) is 2. The maximum Gasteiger partial charge on any atom is 0.186 e. The molecule has 38 heavy (non-hydrogen) atoms. The molecule has 0 aliphatic carbocycles. The lowest BCUT2D eigenvalue weighted by molar-refractivity contribution is 0.279. The van der Waals surface area contributed by atoms with Crippen LogP contribution in [0.15, 0.2) is 84.0 Å². The van der Waals surface area contributed by atoms with Gasteiger partial charge >= 0.3 is 0 Å². The van der Waals surface area contributed by atoms with Gasteiger partial charge in [0.1, 0.15) is 11.5 Å². The second-order valence-corrected chi connectivity index (χ2v) is 10.2. The Morgan fingerprint density at radius 1 is 0.895 bits per heavy atom. The lowest BCUT2D eigenvalue weighted by Gasteiger charge is -2.15. The molecule has 0 saturated carbocycles. The summed E-state index contributed by atoms with van der Waals surface area (Å²) in [5.74, 6) is 1.71. The standard InChI is InChI=1S/C30H34N4O3S/c1-22-28(32-30(38-22)34(2)21-23-9-5-3-6-10-23)24-11-15-26(16-12-24)36-19-7-4-8-20-37-27-17-13-25(14-18-27)29(31)33-35/h3,5-6,9-18,35H,4,7-8,19-21H2,1-2H3,(H2,31,33). The van der Waals surface area contributed by atoms with E-state index in [9.17, 15) is 0 Å². The third-order valence-corrected chi connectivity index (χ3v) is 7.17. The summed E-state index contributed by atoms with van der Waals surface area (Å²) >= 11 is 1.72. The Hall–Kier alpha value is -4.04. The summed E-state index contributed by atoms with van der Waals surface area (Å²) in [5, 5.41) is 12.7. The second kappa shape index (κ2) is 13.5. The van der Waals surface area contributed by atoms with Gasteiger partial charge in [0.05, 0.1) is 18.9 Å². The molecule has 3 N–H and O–H groups in total. The number of nitrogens with two attached hydrogens (primary N) is 1. The van der Waals surface area contributed by atoms with Gasteiger partial charge in [0, 0.05) is 29.6 Å². The molecular weight excluding hydrogens is 496 g/mol. The van der Waals surface area contributed by atoms with Gasteiger partial charge in [0.15, 0.2) is 11.0 Å². The monoisotopic (exact) mass is 530 g/mol. The first kappa shape index (κ1) is 27.0. The van der Waals surface area contributed by atoms with Crippen molar-refractivity contribution in [2.75, 3.05) is 25.2 Å². The lowest BCUT2D eigenvalue weighted by Crippen LogP contribution is -2.15. The van der Waals surface area contributed by atoms with Crippen molar-refractivity contribution in [2.24, 2.45) is 10.9 Å². The number of aromatic nitrogens is 1. The lowest BCUT2D eigenvalue weighted by atomic mass is 10.1. The van der Waals surface area contributed by atoms with Crippen LogP contribution in [0, 0.1) is 6.92 Å². The molecule has 0 amide bonds. The maximum absolute atomic E-state index is 8.72. The summed E-state index contributed by atoms with van der Waals surface area (Å²) in [6.07, 6.45) is 2.90. The molecule has 0 atom stereocenters. The summed E-state index contributed by atoms with van der Waals surface area (Å²) < 4.78 is 11.7. The molecule has 4 aromatic rings. The van der Waals surface area contributed by atoms with E-state index in [1.807, 2.05) is 30.3 Å². The van der Waals surface area contributed by atoms with E-state index < -0.39 is 0 Å². The van der Waals surface area contributed by atoms with Gasteiger partial charge in [-0.2, -0.15) is 0 Å². The van der Waals surface area contributed by atoms with Gasteiger partial charge in [0.2, 0.25) is 0 Å². The van der Waals surface area contributed by atoms with E-state index >= 15 is 0 Å². The van der Waals surface area contributed by atoms with Crippen LogP contribution in [-0.4, -0.2) is 36.3 Å². The first-order valence-electron chi connectivity index (χ1n) is 12.7. The number of aryl methyl sites for hydroxylation is 1. The van der Waals surface area contributed by atoms with Crippen LogP contribution in [-0.2, 0) is 6.54 Å². The quantitative estimate of drug-likeness (QED) is 0.0676. The molecule has 0 bridgehead atoms. The molecule has 0 fully saturated rings. The SMILES string of the molecule is Cc1sc(N(C)Cc2ccccc2)nc1-c1ccc(OCCCCCOc2ccc(/C(N)=N\O)cc2)cc1. The van der Waals surface area contributed by atoms with E-state index in [0.717, 1.165) is 53.7 Å². The summed E-state index contributed by atoms with van der Waals surface area (Å²) in [7, 11) is 2.08. The number of nitrogens with zero attached hydrogens (tertiary/aromatic N) is 3. The normalized spacial score (nSPS) is 11.4. The predicted octanol–water partition coefficient (Wildman–Crippen LogP) is 6.48. The van der Waals surface area contributed by atoms with Crippen LogP contribution in [0.25, 0.3) is 11.3 Å². The van der Waals surface area contributed by atoms with Crippen molar-refractivity contribution in [3.05, 3.63) is 94.9 Å². The zero-order valence-corrected chi connectivity index (χ0v) is 22.7. The van der Waals surface area contributed by atoms with Gasteiger partial charge in [-0.25, -0.2) is 4.98 Å². The Labute approximate surface area is 228 Å². The van der Waals surface area contributed by atoms with Crippen molar-refractivity contribution < 1.29 is 14.7 Å². The van der Waals surface area contributed by atoms with Crippen molar-refractivity contribution in [2.45, 2.75) is 32.7 Å². The van der Waals surface area contributed by atoms with Gasteiger partial charge in [-0.3, -0.25) is 0 Å². The Bertz CT molecular complexity index is 1310. The third kappa shape index (κ3) is 7.49. The second-order valence-electron chi connectivity index (χ2n) is 9.03. The highest BCUT2D eigenvalue weighted by molar-refractivity contribution is 7.16. The number of amidine groups is 1. The van der Waals surface area contributed by atoms with Crippen LogP contribution in [0.5, 0.6) is 11.5 Å². The summed E-state index contributed by atoms with van der Waals surface area (Å²) in [6, 6.07) is 25.8. The van der Waals surface area contributed by atoms with Crippen molar-refractivity contribution in [3.8, 4) is 22.8 Å². The molecule has 3 aromatic carbocycles. The first-order chi connectivity index (χ1) is 18.5. The number of ether oxygens (including phenoxy) is 2. The molecule has 0 radical (unpaired) electrons. The fourth-order valence-electron chi connectivity index (χ4n) is 3.99. The smallest absolute Gasteiger partial charge is 0.186 e. The number of thiazole rings is 1. The topological polar surface area (TPSA) is 93.2 Å². The number of rotatable bonds is 13. The molecule has 0 unspecified atom stereocenters. The minimum atomic E-state index is 0.0842. The summed E-state index contributed by atoms with van der Waals surface area (Å²) in [6.45, 7) is 4.25. The predicted molar refractivity (Wildman–Crippen MR) is 155 cm³/mol. The zero-order chi connectivity index (χ0) is 26.7. The third-order valence-electron chi connectivity index (χ3n) is 6.09. The molecule has 1 heterocycles. The van der Waals surface area contributed by atoms with E-state index in [4.69, 9.17) is 25.4 Å². The molecule has 0 aliphatic rings. The van der Waals surface area contributed by atoms with Crippen molar-refractivity contribution in [1.82, 2.24) is 4.98 Å². The number of unbranched alkanes of at least 4 members (excludes halogenated alkanes) is 2. The number of hydrogen-bond acceptors (Lipinski definition) is 7. The van der Waals surface area contributed by atoms with Crippen molar-refractivity contribution in [1.29, 1.82) is 0 Å². The number of oxime groups is 1.